The van der Waals surface area contributed by atoms with E-state index < -0.39 is 0 Å². The van der Waals surface area contributed by atoms with Gasteiger partial charge in [0.15, 0.2) is 11.4 Å². The Hall–Kier alpha value is -2.73. The molecule has 0 spiro atoms. The third-order valence-corrected chi connectivity index (χ3v) is 4.39. The molecule has 0 amide bonds. The highest BCUT2D eigenvalue weighted by molar-refractivity contribution is 5.93. The van der Waals surface area contributed by atoms with E-state index in [-0.39, 0.29) is 5.78 Å². The van der Waals surface area contributed by atoms with Gasteiger partial charge < -0.3 is 9.64 Å². The maximum Gasteiger partial charge on any atom is 0.178 e. The topological polar surface area (TPSA) is 59.7 Å². The van der Waals surface area contributed by atoms with E-state index in [0.717, 1.165) is 36.6 Å². The summed E-state index contributed by atoms with van der Waals surface area (Å²) >= 11 is 0. The van der Waals surface area contributed by atoms with E-state index in [0.29, 0.717) is 24.6 Å². The fourth-order valence-corrected chi connectivity index (χ4v) is 3.01. The van der Waals surface area contributed by atoms with Crippen molar-refractivity contribution in [3.8, 4) is 0 Å². The molecule has 0 radical (unpaired) electrons. The van der Waals surface area contributed by atoms with Gasteiger partial charge in [0.2, 0.25) is 0 Å². The van der Waals surface area contributed by atoms with E-state index in [1.54, 1.807) is 6.92 Å². The summed E-state index contributed by atoms with van der Waals surface area (Å²) in [5.74, 6) is 0.827. The largest absolute Gasteiger partial charge is 0.378 e. The first-order valence-electron chi connectivity index (χ1n) is 9.38. The monoisotopic (exact) mass is 366 g/mol. The lowest BCUT2D eigenvalue weighted by Crippen LogP contribution is -2.37. The van der Waals surface area contributed by atoms with Crippen molar-refractivity contribution in [1.82, 2.24) is 14.6 Å². The lowest BCUT2D eigenvalue weighted by Gasteiger charge is -2.29. The molecule has 0 unspecified atom stereocenters. The number of carbonyl (C=O) groups excluding carboxylic acids is 1. The van der Waals surface area contributed by atoms with Crippen molar-refractivity contribution in [3.05, 3.63) is 53.9 Å². The first-order valence-corrected chi connectivity index (χ1v) is 9.38. The molecule has 6 heteroatoms. The van der Waals surface area contributed by atoms with E-state index in [4.69, 9.17) is 9.84 Å². The predicted octanol–water partition coefficient (Wildman–Crippen LogP) is 3.69. The van der Waals surface area contributed by atoms with E-state index >= 15 is 0 Å². The van der Waals surface area contributed by atoms with Crippen LogP contribution in [-0.2, 0) is 4.74 Å². The number of anilines is 1. The molecule has 0 N–H and O–H groups in total. The van der Waals surface area contributed by atoms with E-state index in [1.807, 2.05) is 47.9 Å². The molecule has 0 saturated carbocycles. The SMILES string of the molecule is C\C=C/C(=C\C=C\CC)c1cc2nc(C(C)=O)cc(N3CCOCC3)n2n1. The van der Waals surface area contributed by atoms with Crippen molar-refractivity contribution >= 4 is 22.8 Å². The molecule has 1 aliphatic rings. The highest BCUT2D eigenvalue weighted by Gasteiger charge is 2.19. The number of Topliss-reactive ketones (excluding diaryl/α,β-unsaturated/α-hetero) is 1. The number of aromatic nitrogens is 3. The quantitative estimate of drug-likeness (QED) is 0.576. The lowest BCUT2D eigenvalue weighted by atomic mass is 10.1. The van der Waals surface area contributed by atoms with Gasteiger partial charge in [-0.3, -0.25) is 4.79 Å². The molecule has 1 aliphatic heterocycles. The van der Waals surface area contributed by atoms with Gasteiger partial charge in [-0.05, 0) is 13.3 Å². The second-order valence-corrected chi connectivity index (χ2v) is 6.41. The molecule has 142 valence electrons. The number of nitrogens with zero attached hydrogens (tertiary/aromatic N) is 4. The highest BCUT2D eigenvalue weighted by Crippen LogP contribution is 2.23. The van der Waals surface area contributed by atoms with Crippen LogP contribution in [0.15, 0.2) is 42.5 Å². The lowest BCUT2D eigenvalue weighted by molar-refractivity contribution is 0.101. The Kier molecular flexibility index (Phi) is 6.19. The number of allylic oxidation sites excluding steroid dienone is 6. The van der Waals surface area contributed by atoms with Crippen molar-refractivity contribution in [3.63, 3.8) is 0 Å². The second-order valence-electron chi connectivity index (χ2n) is 6.41. The molecular formula is C21H26N4O2. The van der Waals surface area contributed by atoms with Gasteiger partial charge in [0.1, 0.15) is 11.5 Å². The van der Waals surface area contributed by atoms with Crippen LogP contribution in [0.25, 0.3) is 11.2 Å². The maximum atomic E-state index is 12.0. The average Bonchev–Trinajstić information content (AvgIpc) is 3.11. The van der Waals surface area contributed by atoms with Crippen molar-refractivity contribution in [2.45, 2.75) is 27.2 Å². The molecule has 2 aromatic heterocycles. The molecule has 6 nitrogen and oxygen atoms in total. The summed E-state index contributed by atoms with van der Waals surface area (Å²) in [5.41, 5.74) is 2.97. The molecule has 1 fully saturated rings. The van der Waals surface area contributed by atoms with Gasteiger partial charge in [-0.15, -0.1) is 0 Å². The Labute approximate surface area is 159 Å². The minimum atomic E-state index is -0.0511. The number of carbonyl (C=O) groups is 1. The van der Waals surface area contributed by atoms with Gasteiger partial charge in [0, 0.05) is 37.7 Å². The average molecular weight is 366 g/mol. The summed E-state index contributed by atoms with van der Waals surface area (Å²) in [6.45, 7) is 8.49. The van der Waals surface area contributed by atoms with Crippen molar-refractivity contribution in [1.29, 1.82) is 0 Å². The van der Waals surface area contributed by atoms with Crippen molar-refractivity contribution < 1.29 is 9.53 Å². The molecule has 27 heavy (non-hydrogen) atoms. The van der Waals surface area contributed by atoms with Crippen LogP contribution < -0.4 is 4.90 Å². The first-order chi connectivity index (χ1) is 13.1. The summed E-state index contributed by atoms with van der Waals surface area (Å²) in [6, 6.07) is 3.76. The third kappa shape index (κ3) is 4.34. The molecule has 3 heterocycles. The van der Waals surface area contributed by atoms with Gasteiger partial charge in [0.05, 0.1) is 18.9 Å². The molecule has 1 saturated heterocycles. The normalized spacial score (nSPS) is 16.1. The molecule has 0 atom stereocenters. The van der Waals surface area contributed by atoms with Crippen LogP contribution in [0, 0.1) is 0 Å². The first kappa shape index (κ1) is 19.0. The molecule has 0 bridgehead atoms. The van der Waals surface area contributed by atoms with Gasteiger partial charge >= 0.3 is 0 Å². The van der Waals surface area contributed by atoms with Crippen LogP contribution in [-0.4, -0.2) is 46.7 Å². The number of hydrogen-bond donors (Lipinski definition) is 0. The number of ketones is 1. The minimum Gasteiger partial charge on any atom is -0.378 e. The molecule has 0 aliphatic carbocycles. The fourth-order valence-electron chi connectivity index (χ4n) is 3.01. The van der Waals surface area contributed by atoms with Crippen LogP contribution in [0.5, 0.6) is 0 Å². The third-order valence-electron chi connectivity index (χ3n) is 4.39. The van der Waals surface area contributed by atoms with Gasteiger partial charge in [-0.1, -0.05) is 37.3 Å². The predicted molar refractivity (Wildman–Crippen MR) is 108 cm³/mol. The number of morpholine rings is 1. The molecular weight excluding hydrogens is 340 g/mol. The Morgan fingerprint density at radius 3 is 2.70 bits per heavy atom. The smallest absolute Gasteiger partial charge is 0.178 e. The van der Waals surface area contributed by atoms with Crippen LogP contribution in [0.1, 0.15) is 43.4 Å². The van der Waals surface area contributed by atoms with Crippen LogP contribution in [0.2, 0.25) is 0 Å². The zero-order chi connectivity index (χ0) is 19.2. The molecule has 0 aromatic carbocycles. The Bertz CT molecular complexity index is 902. The minimum absolute atomic E-state index is 0.0511. The summed E-state index contributed by atoms with van der Waals surface area (Å²) in [7, 11) is 0. The molecule has 3 rings (SSSR count). The standard InChI is InChI=1S/C21H26N4O2/c1-4-6-7-9-17(8-5-2)19-14-20-22-18(16(3)26)15-21(25(20)23-19)24-10-12-27-13-11-24/h5-9,14-15H,4,10-13H2,1-3H3/b7-6+,8-5-,17-9+. The van der Waals surface area contributed by atoms with Gasteiger partial charge in [-0.25, -0.2) is 4.98 Å². The van der Waals surface area contributed by atoms with Crippen molar-refractivity contribution in [2.24, 2.45) is 0 Å². The van der Waals surface area contributed by atoms with Gasteiger partial charge in [-0.2, -0.15) is 9.61 Å². The zero-order valence-corrected chi connectivity index (χ0v) is 16.2. The van der Waals surface area contributed by atoms with Crippen LogP contribution >= 0.6 is 0 Å². The summed E-state index contributed by atoms with van der Waals surface area (Å²) < 4.78 is 7.29. The Morgan fingerprint density at radius 2 is 2.04 bits per heavy atom. The summed E-state index contributed by atoms with van der Waals surface area (Å²) in [4.78, 5) is 18.7. The Morgan fingerprint density at radius 1 is 1.26 bits per heavy atom. The number of ether oxygens (including phenoxy) is 1. The second kappa shape index (κ2) is 8.77. The van der Waals surface area contributed by atoms with E-state index in [2.05, 4.69) is 22.9 Å². The van der Waals surface area contributed by atoms with Crippen molar-refractivity contribution in [2.75, 3.05) is 31.2 Å². The Balaban J connectivity index is 2.13. The number of fused-ring (bicyclic) bond motifs is 1. The number of hydrogen-bond acceptors (Lipinski definition) is 5. The van der Waals surface area contributed by atoms with Crippen LogP contribution in [0.4, 0.5) is 5.82 Å². The highest BCUT2D eigenvalue weighted by atomic mass is 16.5. The number of rotatable bonds is 6. The maximum absolute atomic E-state index is 12.0. The summed E-state index contributed by atoms with van der Waals surface area (Å²) in [6.07, 6.45) is 11.2. The fraction of sp³-hybridized carbons (Fsp3) is 0.381. The van der Waals surface area contributed by atoms with E-state index in [9.17, 15) is 4.79 Å². The molecule has 2 aromatic rings. The van der Waals surface area contributed by atoms with Crippen LogP contribution in [0.3, 0.4) is 0 Å². The van der Waals surface area contributed by atoms with Gasteiger partial charge in [0.25, 0.3) is 0 Å². The summed E-state index contributed by atoms with van der Waals surface area (Å²) in [5, 5.41) is 4.79. The van der Waals surface area contributed by atoms with E-state index in [1.165, 1.54) is 0 Å². The zero-order valence-electron chi connectivity index (χ0n) is 16.2.